The van der Waals surface area contributed by atoms with E-state index >= 15 is 0 Å². The average molecular weight is 257 g/mol. The lowest BCUT2D eigenvalue weighted by molar-refractivity contribution is -0.127. The lowest BCUT2D eigenvalue weighted by Gasteiger charge is -2.33. The van der Waals surface area contributed by atoms with E-state index in [4.69, 9.17) is 4.43 Å². The van der Waals surface area contributed by atoms with E-state index in [2.05, 4.69) is 20.8 Å². The molecule has 0 aliphatic carbocycles. The molecule has 1 amide bonds. The van der Waals surface area contributed by atoms with Crippen LogP contribution in [0.25, 0.3) is 0 Å². The number of likely N-dealkylation sites (tertiary alicyclic amines) is 1. The van der Waals surface area contributed by atoms with Gasteiger partial charge in [0.2, 0.25) is 5.91 Å². The van der Waals surface area contributed by atoms with Crippen LogP contribution < -0.4 is 0 Å². The number of amides is 1. The van der Waals surface area contributed by atoms with E-state index in [1.54, 1.807) is 0 Å². The first-order chi connectivity index (χ1) is 8.01. The van der Waals surface area contributed by atoms with Gasteiger partial charge in [0.05, 0.1) is 5.60 Å². The van der Waals surface area contributed by atoms with Gasteiger partial charge in [0.25, 0.3) is 0 Å². The van der Waals surface area contributed by atoms with Gasteiger partial charge in [0, 0.05) is 19.5 Å². The summed E-state index contributed by atoms with van der Waals surface area (Å²) in [5, 5.41) is 0. The smallest absolute Gasteiger partial charge is 0.222 e. The third-order valence-electron chi connectivity index (χ3n) is 4.15. The molecule has 0 aromatic rings. The van der Waals surface area contributed by atoms with Gasteiger partial charge in [-0.25, -0.2) is 0 Å². The molecule has 1 fully saturated rings. The van der Waals surface area contributed by atoms with Crippen LogP contribution in [-0.2, 0) is 9.22 Å². The predicted molar refractivity (Wildman–Crippen MR) is 73.9 cm³/mol. The summed E-state index contributed by atoms with van der Waals surface area (Å²) in [4.78, 5) is 13.5. The second-order valence-electron chi connectivity index (χ2n) is 5.54. The van der Waals surface area contributed by atoms with Crippen LogP contribution in [0, 0.1) is 5.92 Å². The molecule has 1 aliphatic heterocycles. The van der Waals surface area contributed by atoms with Gasteiger partial charge in [-0.1, -0.05) is 13.3 Å². The molecule has 1 aliphatic rings. The van der Waals surface area contributed by atoms with Crippen molar-refractivity contribution >= 4 is 16.4 Å². The van der Waals surface area contributed by atoms with E-state index in [9.17, 15) is 4.79 Å². The number of rotatable bonds is 7. The molecule has 0 aromatic heterocycles. The highest BCUT2D eigenvalue weighted by atomic mass is 28.2. The summed E-state index contributed by atoms with van der Waals surface area (Å²) in [6.45, 7) is 8.51. The van der Waals surface area contributed by atoms with Crippen LogP contribution in [0.3, 0.4) is 0 Å². The lowest BCUT2D eigenvalue weighted by Crippen LogP contribution is -2.34. The SMILES string of the molecule is CCC(CCCN1CCCC1=O)C(C)(C)O[SiH3]. The zero-order chi connectivity index (χ0) is 12.9. The second-order valence-corrected chi connectivity index (χ2v) is 5.95. The molecule has 0 aromatic carbocycles. The topological polar surface area (TPSA) is 29.5 Å². The van der Waals surface area contributed by atoms with Gasteiger partial charge in [-0.2, -0.15) is 0 Å². The maximum absolute atomic E-state index is 11.5. The van der Waals surface area contributed by atoms with Crippen LogP contribution in [0.15, 0.2) is 0 Å². The van der Waals surface area contributed by atoms with Crippen molar-refractivity contribution in [2.24, 2.45) is 5.92 Å². The van der Waals surface area contributed by atoms with Gasteiger partial charge in [0.15, 0.2) is 0 Å². The van der Waals surface area contributed by atoms with Gasteiger partial charge < -0.3 is 9.33 Å². The molecule has 17 heavy (non-hydrogen) atoms. The Morgan fingerprint density at radius 1 is 1.53 bits per heavy atom. The number of nitrogens with zero attached hydrogens (tertiary/aromatic N) is 1. The Balaban J connectivity index is 2.31. The quantitative estimate of drug-likeness (QED) is 0.647. The Morgan fingerprint density at radius 3 is 2.71 bits per heavy atom. The Bertz CT molecular complexity index is 256. The zero-order valence-corrected chi connectivity index (χ0v) is 13.8. The Morgan fingerprint density at radius 2 is 2.24 bits per heavy atom. The van der Waals surface area contributed by atoms with E-state index in [0.717, 1.165) is 55.7 Å². The van der Waals surface area contributed by atoms with Gasteiger partial charge >= 0.3 is 0 Å². The molecule has 0 spiro atoms. The fourth-order valence-corrected chi connectivity index (χ4v) is 3.01. The van der Waals surface area contributed by atoms with E-state index in [1.807, 2.05) is 4.90 Å². The fourth-order valence-electron chi connectivity index (χ4n) is 2.68. The summed E-state index contributed by atoms with van der Waals surface area (Å²) < 4.78 is 5.69. The summed E-state index contributed by atoms with van der Waals surface area (Å²) >= 11 is 0. The molecular weight excluding hydrogens is 230 g/mol. The maximum Gasteiger partial charge on any atom is 0.222 e. The summed E-state index contributed by atoms with van der Waals surface area (Å²) in [7, 11) is 0.798. The Labute approximate surface area is 108 Å². The summed E-state index contributed by atoms with van der Waals surface area (Å²) in [5.41, 5.74) is 0.00991. The van der Waals surface area contributed by atoms with Crippen LogP contribution in [0.1, 0.15) is 52.9 Å². The summed E-state index contributed by atoms with van der Waals surface area (Å²) in [6, 6.07) is 0. The highest BCUT2D eigenvalue weighted by molar-refractivity contribution is 5.98. The van der Waals surface area contributed by atoms with Crippen molar-refractivity contribution in [3.63, 3.8) is 0 Å². The van der Waals surface area contributed by atoms with Crippen LogP contribution in [-0.4, -0.2) is 40.0 Å². The van der Waals surface area contributed by atoms with E-state index in [0.29, 0.717) is 11.8 Å². The monoisotopic (exact) mass is 257 g/mol. The van der Waals surface area contributed by atoms with E-state index < -0.39 is 0 Å². The molecule has 4 heteroatoms. The average Bonchev–Trinajstić information content (AvgIpc) is 2.70. The number of carbonyl (C=O) groups is 1. The summed E-state index contributed by atoms with van der Waals surface area (Å²) in [5.74, 6) is 0.953. The van der Waals surface area contributed by atoms with E-state index in [-0.39, 0.29) is 5.60 Å². The van der Waals surface area contributed by atoms with Gasteiger partial charge in [-0.05, 0) is 39.0 Å². The molecule has 1 heterocycles. The Hall–Kier alpha value is -0.353. The van der Waals surface area contributed by atoms with Gasteiger partial charge in [-0.3, -0.25) is 4.79 Å². The first-order valence-corrected chi connectivity index (χ1v) is 7.65. The van der Waals surface area contributed by atoms with Crippen LogP contribution in [0.5, 0.6) is 0 Å². The van der Waals surface area contributed by atoms with E-state index in [1.165, 1.54) is 0 Å². The molecule has 1 unspecified atom stereocenters. The maximum atomic E-state index is 11.5. The third kappa shape index (κ3) is 4.10. The number of carbonyl (C=O) groups excluding carboxylic acids is 1. The van der Waals surface area contributed by atoms with Crippen molar-refractivity contribution in [2.75, 3.05) is 13.1 Å². The highest BCUT2D eigenvalue weighted by Crippen LogP contribution is 2.28. The molecule has 3 nitrogen and oxygen atoms in total. The molecule has 0 radical (unpaired) electrons. The number of hydrogen-bond acceptors (Lipinski definition) is 2. The highest BCUT2D eigenvalue weighted by Gasteiger charge is 2.27. The van der Waals surface area contributed by atoms with Crippen molar-refractivity contribution < 1.29 is 9.22 Å². The summed E-state index contributed by atoms with van der Waals surface area (Å²) in [6.07, 6.45) is 5.23. The van der Waals surface area contributed by atoms with Crippen molar-refractivity contribution in [1.29, 1.82) is 0 Å². The minimum atomic E-state index is 0.00991. The van der Waals surface area contributed by atoms with Crippen molar-refractivity contribution in [2.45, 2.75) is 58.5 Å². The fraction of sp³-hybridized carbons (Fsp3) is 0.923. The minimum Gasteiger partial charge on any atom is -0.423 e. The van der Waals surface area contributed by atoms with Crippen LogP contribution >= 0.6 is 0 Å². The van der Waals surface area contributed by atoms with Crippen molar-refractivity contribution in [1.82, 2.24) is 4.90 Å². The predicted octanol–water partition coefficient (Wildman–Crippen LogP) is 1.49. The van der Waals surface area contributed by atoms with Crippen molar-refractivity contribution in [3.8, 4) is 0 Å². The molecule has 1 atom stereocenters. The minimum absolute atomic E-state index is 0.00991. The first-order valence-electron chi connectivity index (χ1n) is 6.84. The Kier molecular flexibility index (Phi) is 5.66. The number of hydrogen-bond donors (Lipinski definition) is 0. The van der Waals surface area contributed by atoms with Gasteiger partial charge in [-0.15, -0.1) is 0 Å². The molecule has 1 rings (SSSR count). The normalized spacial score (nSPS) is 19.0. The molecule has 1 saturated heterocycles. The van der Waals surface area contributed by atoms with Crippen LogP contribution in [0.2, 0.25) is 0 Å². The molecule has 0 N–H and O–H groups in total. The third-order valence-corrected chi connectivity index (χ3v) is 5.21. The standard InChI is InChI=1S/C13H27NO2Si/c1-4-11(13(2,3)16-17)7-5-9-14-10-6-8-12(14)15/h11H,4-10H2,1-3,17H3. The molecule has 0 bridgehead atoms. The molecular formula is C13H27NO2Si. The van der Waals surface area contributed by atoms with Gasteiger partial charge in [0.1, 0.15) is 10.5 Å². The lowest BCUT2D eigenvalue weighted by atomic mass is 9.85. The molecule has 0 saturated carbocycles. The first kappa shape index (κ1) is 14.7. The zero-order valence-electron chi connectivity index (χ0n) is 11.8. The van der Waals surface area contributed by atoms with Crippen molar-refractivity contribution in [3.05, 3.63) is 0 Å². The largest absolute Gasteiger partial charge is 0.423 e. The molecule has 100 valence electrons. The second kappa shape index (κ2) is 6.54. The van der Waals surface area contributed by atoms with Crippen LogP contribution in [0.4, 0.5) is 0 Å².